The number of hydrogen-bond acceptors (Lipinski definition) is 3. The van der Waals surface area contributed by atoms with Crippen LogP contribution in [-0.4, -0.2) is 40.0 Å². The summed E-state index contributed by atoms with van der Waals surface area (Å²) in [5.74, 6) is 0.850. The maximum absolute atomic E-state index is 4.12. The molecule has 0 aromatic carbocycles. The highest BCUT2D eigenvalue weighted by atomic mass is 15.2. The Bertz CT molecular complexity index is 246. The van der Waals surface area contributed by atoms with Gasteiger partial charge < -0.3 is 10.3 Å². The van der Waals surface area contributed by atoms with Crippen LogP contribution in [0, 0.1) is 0 Å². The molecule has 4 nitrogen and oxygen atoms in total. The largest absolute Gasteiger partial charge is 0.355 e. The average Bonchev–Trinajstić information content (AvgIpc) is 2.63. The minimum atomic E-state index is 0.586. The number of imidazole rings is 1. The average molecular weight is 210 g/mol. The predicted octanol–water partition coefficient (Wildman–Crippen LogP) is 1.94. The number of aromatic nitrogens is 2. The van der Waals surface area contributed by atoms with Gasteiger partial charge in [0, 0.05) is 37.6 Å². The molecule has 0 bridgehead atoms. The second kappa shape index (κ2) is 5.75. The van der Waals surface area contributed by atoms with Crippen molar-refractivity contribution in [3.63, 3.8) is 0 Å². The normalized spacial score (nSPS) is 11.7. The molecule has 1 heterocycles. The van der Waals surface area contributed by atoms with Crippen molar-refractivity contribution in [1.29, 1.82) is 0 Å². The molecule has 1 aromatic rings. The Hall–Kier alpha value is -1.03. The van der Waals surface area contributed by atoms with E-state index in [-0.39, 0.29) is 0 Å². The van der Waals surface area contributed by atoms with Crippen molar-refractivity contribution in [2.45, 2.75) is 39.8 Å². The van der Waals surface area contributed by atoms with E-state index < -0.39 is 0 Å². The van der Waals surface area contributed by atoms with Gasteiger partial charge in [-0.3, -0.25) is 4.90 Å². The van der Waals surface area contributed by atoms with Gasteiger partial charge in [0.15, 0.2) is 5.95 Å². The summed E-state index contributed by atoms with van der Waals surface area (Å²) in [4.78, 5) is 9.60. The molecule has 0 aliphatic carbocycles. The fraction of sp³-hybridized carbons (Fsp3) is 0.727. The van der Waals surface area contributed by atoms with Crippen LogP contribution in [0.3, 0.4) is 0 Å². The summed E-state index contributed by atoms with van der Waals surface area (Å²) in [6.45, 7) is 10.9. The molecule has 2 N–H and O–H groups in total. The van der Waals surface area contributed by atoms with Gasteiger partial charge in [-0.05, 0) is 27.7 Å². The lowest BCUT2D eigenvalue weighted by Gasteiger charge is -2.30. The van der Waals surface area contributed by atoms with Crippen molar-refractivity contribution < 1.29 is 0 Å². The molecule has 0 atom stereocenters. The minimum Gasteiger partial charge on any atom is -0.355 e. The SMILES string of the molecule is CC(C)N(CCNc1ncc[nH]1)C(C)C. The van der Waals surface area contributed by atoms with Gasteiger partial charge in [0.2, 0.25) is 0 Å². The number of nitrogens with one attached hydrogen (secondary N) is 2. The predicted molar refractivity (Wildman–Crippen MR) is 64.1 cm³/mol. The molecule has 0 fully saturated rings. The van der Waals surface area contributed by atoms with Crippen molar-refractivity contribution in [2.75, 3.05) is 18.4 Å². The molecule has 0 saturated heterocycles. The quantitative estimate of drug-likeness (QED) is 0.754. The summed E-state index contributed by atoms with van der Waals surface area (Å²) in [6.07, 6.45) is 3.58. The molecule has 86 valence electrons. The van der Waals surface area contributed by atoms with Crippen LogP contribution in [0.5, 0.6) is 0 Å². The minimum absolute atomic E-state index is 0.586. The fourth-order valence-corrected chi connectivity index (χ4v) is 1.78. The summed E-state index contributed by atoms with van der Waals surface area (Å²) in [5.41, 5.74) is 0. The molecular weight excluding hydrogens is 188 g/mol. The number of anilines is 1. The number of aromatic amines is 1. The van der Waals surface area contributed by atoms with Crippen LogP contribution in [-0.2, 0) is 0 Å². The van der Waals surface area contributed by atoms with Crippen LogP contribution >= 0.6 is 0 Å². The summed E-state index contributed by atoms with van der Waals surface area (Å²) >= 11 is 0. The zero-order valence-electron chi connectivity index (χ0n) is 10.1. The van der Waals surface area contributed by atoms with Crippen LogP contribution in [0.15, 0.2) is 12.4 Å². The highest BCUT2D eigenvalue weighted by molar-refractivity contribution is 5.22. The van der Waals surface area contributed by atoms with Gasteiger partial charge in [-0.2, -0.15) is 0 Å². The molecule has 4 heteroatoms. The maximum atomic E-state index is 4.12. The number of hydrogen-bond donors (Lipinski definition) is 2. The second-order valence-electron chi connectivity index (χ2n) is 4.29. The zero-order chi connectivity index (χ0) is 11.3. The Balaban J connectivity index is 2.28. The second-order valence-corrected chi connectivity index (χ2v) is 4.29. The first kappa shape index (κ1) is 12.0. The van der Waals surface area contributed by atoms with Gasteiger partial charge in [-0.15, -0.1) is 0 Å². The van der Waals surface area contributed by atoms with Crippen molar-refractivity contribution in [3.05, 3.63) is 12.4 Å². The zero-order valence-corrected chi connectivity index (χ0v) is 10.1. The summed E-state index contributed by atoms with van der Waals surface area (Å²) in [5, 5.41) is 3.26. The number of nitrogens with zero attached hydrogens (tertiary/aromatic N) is 2. The van der Waals surface area contributed by atoms with Crippen molar-refractivity contribution in [2.24, 2.45) is 0 Å². The van der Waals surface area contributed by atoms with E-state index in [2.05, 4.69) is 47.9 Å². The Morgan fingerprint density at radius 1 is 1.33 bits per heavy atom. The third-order valence-corrected chi connectivity index (χ3v) is 2.49. The van der Waals surface area contributed by atoms with Crippen LogP contribution in [0.1, 0.15) is 27.7 Å². The van der Waals surface area contributed by atoms with Crippen molar-refractivity contribution in [3.8, 4) is 0 Å². The summed E-state index contributed by atoms with van der Waals surface area (Å²) in [7, 11) is 0. The molecule has 1 aromatic heterocycles. The van der Waals surface area contributed by atoms with E-state index in [1.807, 2.05) is 6.20 Å². The summed E-state index contributed by atoms with van der Waals surface area (Å²) < 4.78 is 0. The van der Waals surface area contributed by atoms with Crippen LogP contribution in [0.2, 0.25) is 0 Å². The Kier molecular flexibility index (Phi) is 4.62. The van der Waals surface area contributed by atoms with E-state index in [9.17, 15) is 0 Å². The topological polar surface area (TPSA) is 44.0 Å². The van der Waals surface area contributed by atoms with Gasteiger partial charge >= 0.3 is 0 Å². The molecule has 0 spiro atoms. The third kappa shape index (κ3) is 3.91. The van der Waals surface area contributed by atoms with Gasteiger partial charge in [0.1, 0.15) is 0 Å². The first-order chi connectivity index (χ1) is 7.11. The molecular formula is C11H22N4. The monoisotopic (exact) mass is 210 g/mol. The van der Waals surface area contributed by atoms with Crippen LogP contribution in [0.25, 0.3) is 0 Å². The first-order valence-electron chi connectivity index (χ1n) is 5.60. The number of rotatable bonds is 6. The van der Waals surface area contributed by atoms with E-state index in [1.165, 1.54) is 0 Å². The van der Waals surface area contributed by atoms with Gasteiger partial charge in [-0.25, -0.2) is 4.98 Å². The lowest BCUT2D eigenvalue weighted by atomic mass is 10.2. The van der Waals surface area contributed by atoms with Crippen molar-refractivity contribution >= 4 is 5.95 Å². The van der Waals surface area contributed by atoms with E-state index in [4.69, 9.17) is 0 Å². The first-order valence-corrected chi connectivity index (χ1v) is 5.60. The van der Waals surface area contributed by atoms with Crippen LogP contribution in [0.4, 0.5) is 5.95 Å². The fourth-order valence-electron chi connectivity index (χ4n) is 1.78. The van der Waals surface area contributed by atoms with E-state index in [1.54, 1.807) is 6.20 Å². The standard InChI is InChI=1S/C11H22N4/c1-9(2)15(10(3)4)8-7-14-11-12-5-6-13-11/h5-6,9-10H,7-8H2,1-4H3,(H2,12,13,14). The van der Waals surface area contributed by atoms with Crippen LogP contribution < -0.4 is 5.32 Å². The van der Waals surface area contributed by atoms with Gasteiger partial charge in [0.05, 0.1) is 0 Å². The lowest BCUT2D eigenvalue weighted by Crippen LogP contribution is -2.40. The molecule has 0 saturated carbocycles. The molecule has 0 amide bonds. The maximum Gasteiger partial charge on any atom is 0.200 e. The Morgan fingerprint density at radius 2 is 2.00 bits per heavy atom. The van der Waals surface area contributed by atoms with E-state index in [0.29, 0.717) is 12.1 Å². The Labute approximate surface area is 92.1 Å². The summed E-state index contributed by atoms with van der Waals surface area (Å²) in [6, 6.07) is 1.17. The number of H-pyrrole nitrogens is 1. The molecule has 0 radical (unpaired) electrons. The smallest absolute Gasteiger partial charge is 0.200 e. The molecule has 15 heavy (non-hydrogen) atoms. The molecule has 0 unspecified atom stereocenters. The van der Waals surface area contributed by atoms with E-state index in [0.717, 1.165) is 19.0 Å². The van der Waals surface area contributed by atoms with E-state index >= 15 is 0 Å². The van der Waals surface area contributed by atoms with Crippen molar-refractivity contribution in [1.82, 2.24) is 14.9 Å². The highest BCUT2D eigenvalue weighted by Gasteiger charge is 2.12. The van der Waals surface area contributed by atoms with Gasteiger partial charge in [-0.1, -0.05) is 0 Å². The molecule has 1 rings (SSSR count). The molecule has 0 aliphatic rings. The molecule has 0 aliphatic heterocycles. The third-order valence-electron chi connectivity index (χ3n) is 2.49. The highest BCUT2D eigenvalue weighted by Crippen LogP contribution is 2.04. The van der Waals surface area contributed by atoms with Gasteiger partial charge in [0.25, 0.3) is 0 Å². The Morgan fingerprint density at radius 3 is 2.47 bits per heavy atom. The lowest BCUT2D eigenvalue weighted by molar-refractivity contribution is 0.182.